The largest absolute Gasteiger partial charge is 0.368 e. The lowest BCUT2D eigenvalue weighted by atomic mass is 10.1. The summed E-state index contributed by atoms with van der Waals surface area (Å²) in [5.41, 5.74) is 3.75. The Morgan fingerprint density at radius 3 is 2.00 bits per heavy atom. The normalized spacial score (nSPS) is 13.6. The quantitative estimate of drug-likeness (QED) is 0.639. The van der Waals surface area contributed by atoms with Crippen molar-refractivity contribution in [3.63, 3.8) is 0 Å². The zero-order chi connectivity index (χ0) is 19.2. The maximum absolute atomic E-state index is 12.9. The molecule has 0 bridgehead atoms. The topological polar surface area (TPSA) is 23.6 Å². The molecule has 4 rings (SSSR count). The molecule has 3 heteroatoms. The first-order valence-corrected chi connectivity index (χ1v) is 9.56. The van der Waals surface area contributed by atoms with Crippen molar-refractivity contribution in [2.24, 2.45) is 0 Å². The fraction of sp³-hybridized carbons (Fsp3) is 0.160. The molecule has 1 amide bonds. The molecule has 1 fully saturated rings. The highest BCUT2D eigenvalue weighted by Gasteiger charge is 2.22. The average Bonchev–Trinajstić information content (AvgIpc) is 2.79. The molecule has 0 aliphatic carbocycles. The van der Waals surface area contributed by atoms with Crippen LogP contribution in [-0.2, 0) is 0 Å². The van der Waals surface area contributed by atoms with Gasteiger partial charge in [-0.05, 0) is 42.5 Å². The number of rotatable bonds is 2. The highest BCUT2D eigenvalue weighted by Crippen LogP contribution is 2.17. The Morgan fingerprint density at radius 2 is 1.29 bits per heavy atom. The predicted octanol–water partition coefficient (Wildman–Crippen LogP) is 4.05. The highest BCUT2D eigenvalue weighted by atomic mass is 16.2. The molecule has 0 saturated carbocycles. The van der Waals surface area contributed by atoms with Crippen LogP contribution < -0.4 is 4.90 Å². The standard InChI is InChI=1S/C25H22N2O/c28-25(27-18-16-26(17-19-27)24-12-5-2-6-13-24)23-11-7-10-22(20-23)15-14-21-8-3-1-4-9-21/h1-13,20H,16-19H2. The van der Waals surface area contributed by atoms with E-state index in [0.29, 0.717) is 5.56 Å². The zero-order valence-electron chi connectivity index (χ0n) is 15.7. The number of anilines is 1. The number of benzene rings is 3. The molecule has 0 aromatic heterocycles. The van der Waals surface area contributed by atoms with Crippen LogP contribution in [0.15, 0.2) is 84.9 Å². The number of para-hydroxylation sites is 1. The molecule has 1 saturated heterocycles. The van der Waals surface area contributed by atoms with Crippen LogP contribution in [0.4, 0.5) is 5.69 Å². The molecule has 3 nitrogen and oxygen atoms in total. The van der Waals surface area contributed by atoms with Gasteiger partial charge in [0.1, 0.15) is 0 Å². The van der Waals surface area contributed by atoms with E-state index in [0.717, 1.165) is 37.3 Å². The highest BCUT2D eigenvalue weighted by molar-refractivity contribution is 5.94. The first kappa shape index (κ1) is 17.9. The summed E-state index contributed by atoms with van der Waals surface area (Å²) in [6.45, 7) is 3.16. The van der Waals surface area contributed by atoms with E-state index >= 15 is 0 Å². The smallest absolute Gasteiger partial charge is 0.254 e. The summed E-state index contributed by atoms with van der Waals surface area (Å²) in [6, 6.07) is 27.9. The predicted molar refractivity (Wildman–Crippen MR) is 113 cm³/mol. The molecule has 0 atom stereocenters. The Bertz CT molecular complexity index is 995. The fourth-order valence-electron chi connectivity index (χ4n) is 3.38. The van der Waals surface area contributed by atoms with E-state index < -0.39 is 0 Å². The van der Waals surface area contributed by atoms with Gasteiger partial charge in [0, 0.05) is 48.6 Å². The van der Waals surface area contributed by atoms with Gasteiger partial charge in [0.05, 0.1) is 0 Å². The lowest BCUT2D eigenvalue weighted by Gasteiger charge is -2.36. The second-order valence-electron chi connectivity index (χ2n) is 6.81. The molecule has 138 valence electrons. The molecule has 0 unspecified atom stereocenters. The first-order chi connectivity index (χ1) is 13.8. The number of hydrogen-bond acceptors (Lipinski definition) is 2. The minimum absolute atomic E-state index is 0.0797. The van der Waals surface area contributed by atoms with Gasteiger partial charge < -0.3 is 9.80 Å². The van der Waals surface area contributed by atoms with Gasteiger partial charge in [0.25, 0.3) is 5.91 Å². The number of nitrogens with zero attached hydrogens (tertiary/aromatic N) is 2. The Balaban J connectivity index is 1.42. The van der Waals surface area contributed by atoms with Crippen molar-refractivity contribution >= 4 is 11.6 Å². The SMILES string of the molecule is O=C(c1cccc(C#Cc2ccccc2)c1)N1CCN(c2ccccc2)CC1. The summed E-state index contributed by atoms with van der Waals surface area (Å²) < 4.78 is 0. The monoisotopic (exact) mass is 366 g/mol. The van der Waals surface area contributed by atoms with Crippen LogP contribution in [0, 0.1) is 11.8 Å². The van der Waals surface area contributed by atoms with Gasteiger partial charge in [0.15, 0.2) is 0 Å². The molecule has 0 N–H and O–H groups in total. The van der Waals surface area contributed by atoms with Gasteiger partial charge in [-0.25, -0.2) is 0 Å². The van der Waals surface area contributed by atoms with Gasteiger partial charge in [-0.1, -0.05) is 54.3 Å². The van der Waals surface area contributed by atoms with Gasteiger partial charge in [-0.3, -0.25) is 4.79 Å². The second-order valence-corrected chi connectivity index (χ2v) is 6.81. The van der Waals surface area contributed by atoms with Gasteiger partial charge in [-0.15, -0.1) is 0 Å². The number of hydrogen-bond donors (Lipinski definition) is 0. The van der Waals surface area contributed by atoms with Crippen LogP contribution in [0.5, 0.6) is 0 Å². The summed E-state index contributed by atoms with van der Waals surface area (Å²) in [5.74, 6) is 6.39. The summed E-state index contributed by atoms with van der Waals surface area (Å²) in [5, 5.41) is 0. The minimum atomic E-state index is 0.0797. The molecular formula is C25H22N2O. The second kappa shape index (κ2) is 8.45. The van der Waals surface area contributed by atoms with Crippen molar-refractivity contribution in [2.75, 3.05) is 31.1 Å². The van der Waals surface area contributed by atoms with Crippen molar-refractivity contribution in [3.05, 3.63) is 102 Å². The molecule has 28 heavy (non-hydrogen) atoms. The van der Waals surface area contributed by atoms with Crippen LogP contribution in [0.1, 0.15) is 21.5 Å². The third kappa shape index (κ3) is 4.24. The summed E-state index contributed by atoms with van der Waals surface area (Å²) in [7, 11) is 0. The Kier molecular flexibility index (Phi) is 5.40. The number of amides is 1. The van der Waals surface area contributed by atoms with Crippen LogP contribution in [-0.4, -0.2) is 37.0 Å². The molecule has 0 radical (unpaired) electrons. The van der Waals surface area contributed by atoms with E-state index in [-0.39, 0.29) is 5.91 Å². The van der Waals surface area contributed by atoms with Crippen molar-refractivity contribution < 1.29 is 4.79 Å². The van der Waals surface area contributed by atoms with Crippen LogP contribution >= 0.6 is 0 Å². The van der Waals surface area contributed by atoms with Crippen LogP contribution in [0.3, 0.4) is 0 Å². The van der Waals surface area contributed by atoms with Crippen molar-refractivity contribution in [1.82, 2.24) is 4.90 Å². The molecule has 1 aliphatic rings. The molecule has 1 aliphatic heterocycles. The molecule has 0 spiro atoms. The zero-order valence-corrected chi connectivity index (χ0v) is 15.7. The van der Waals surface area contributed by atoms with Gasteiger partial charge >= 0.3 is 0 Å². The maximum Gasteiger partial charge on any atom is 0.254 e. The van der Waals surface area contributed by atoms with Crippen molar-refractivity contribution in [3.8, 4) is 11.8 Å². The summed E-state index contributed by atoms with van der Waals surface area (Å²) in [4.78, 5) is 17.2. The Morgan fingerprint density at radius 1 is 0.679 bits per heavy atom. The third-order valence-electron chi connectivity index (χ3n) is 4.92. The summed E-state index contributed by atoms with van der Waals surface area (Å²) in [6.07, 6.45) is 0. The van der Waals surface area contributed by atoms with E-state index in [1.807, 2.05) is 65.6 Å². The van der Waals surface area contributed by atoms with Gasteiger partial charge in [0.2, 0.25) is 0 Å². The van der Waals surface area contributed by atoms with Crippen molar-refractivity contribution in [1.29, 1.82) is 0 Å². The molecule has 3 aromatic rings. The molecular weight excluding hydrogens is 344 g/mol. The number of carbonyl (C=O) groups excluding carboxylic acids is 1. The number of carbonyl (C=O) groups is 1. The fourth-order valence-corrected chi connectivity index (χ4v) is 3.38. The van der Waals surface area contributed by atoms with Crippen LogP contribution in [0.25, 0.3) is 0 Å². The molecule has 1 heterocycles. The average molecular weight is 366 g/mol. The van der Waals surface area contributed by atoms with Gasteiger partial charge in [-0.2, -0.15) is 0 Å². The lowest BCUT2D eigenvalue weighted by Crippen LogP contribution is -2.48. The molecule has 3 aromatic carbocycles. The summed E-state index contributed by atoms with van der Waals surface area (Å²) >= 11 is 0. The minimum Gasteiger partial charge on any atom is -0.368 e. The third-order valence-corrected chi connectivity index (χ3v) is 4.92. The van der Waals surface area contributed by atoms with E-state index in [1.54, 1.807) is 0 Å². The van der Waals surface area contributed by atoms with E-state index in [9.17, 15) is 4.79 Å². The first-order valence-electron chi connectivity index (χ1n) is 9.56. The van der Waals surface area contributed by atoms with Crippen LogP contribution in [0.2, 0.25) is 0 Å². The van der Waals surface area contributed by atoms with E-state index in [4.69, 9.17) is 0 Å². The Hall–Kier alpha value is -3.51. The van der Waals surface area contributed by atoms with Crippen molar-refractivity contribution in [2.45, 2.75) is 0 Å². The lowest BCUT2D eigenvalue weighted by molar-refractivity contribution is 0.0746. The van der Waals surface area contributed by atoms with E-state index in [1.165, 1.54) is 5.69 Å². The number of piperazine rings is 1. The maximum atomic E-state index is 12.9. The Labute approximate surface area is 166 Å². The van der Waals surface area contributed by atoms with E-state index in [2.05, 4.69) is 41.0 Å².